The summed E-state index contributed by atoms with van der Waals surface area (Å²) in [5.74, 6) is 1.30. The summed E-state index contributed by atoms with van der Waals surface area (Å²) in [6.07, 6.45) is 1.62. The quantitative estimate of drug-likeness (QED) is 0.659. The maximum atomic E-state index is 11.9. The molecule has 1 N–H and O–H groups in total. The molecule has 1 aliphatic heterocycles. The van der Waals surface area contributed by atoms with Gasteiger partial charge in [-0.05, 0) is 36.4 Å². The zero-order chi connectivity index (χ0) is 13.5. The van der Waals surface area contributed by atoms with Crippen LogP contribution in [0.2, 0.25) is 0 Å². The lowest BCUT2D eigenvalue weighted by molar-refractivity contribution is -0.131. The molecule has 104 valence electrons. The van der Waals surface area contributed by atoms with Gasteiger partial charge in [0.2, 0.25) is 5.91 Å². The number of benzene rings is 1. The lowest BCUT2D eigenvalue weighted by Crippen LogP contribution is -2.46. The van der Waals surface area contributed by atoms with Gasteiger partial charge < -0.3 is 10.2 Å². The van der Waals surface area contributed by atoms with Crippen LogP contribution < -0.4 is 5.32 Å². The van der Waals surface area contributed by atoms with Gasteiger partial charge in [-0.2, -0.15) is 0 Å². The van der Waals surface area contributed by atoms with E-state index >= 15 is 0 Å². The van der Waals surface area contributed by atoms with Crippen molar-refractivity contribution in [3.05, 3.63) is 28.7 Å². The number of carbonyl (C=O) groups excluding carboxylic acids is 1. The van der Waals surface area contributed by atoms with Gasteiger partial charge in [0.15, 0.2) is 0 Å². The highest BCUT2D eigenvalue weighted by Crippen LogP contribution is 2.21. The number of hydrogen-bond donors (Lipinski definition) is 1. The van der Waals surface area contributed by atoms with Crippen molar-refractivity contribution in [3.63, 3.8) is 0 Å². The topological polar surface area (TPSA) is 32.3 Å². The molecule has 1 aromatic rings. The Morgan fingerprint density at radius 1 is 1.26 bits per heavy atom. The van der Waals surface area contributed by atoms with Gasteiger partial charge in [0.05, 0.1) is 0 Å². The first-order chi connectivity index (χ1) is 9.25. The molecule has 0 aromatic heterocycles. The van der Waals surface area contributed by atoms with Crippen molar-refractivity contribution in [1.29, 1.82) is 0 Å². The number of halogens is 1. The first-order valence-corrected chi connectivity index (χ1v) is 8.40. The zero-order valence-electron chi connectivity index (χ0n) is 10.9. The fraction of sp³-hybridized carbons (Fsp3) is 0.500. The minimum Gasteiger partial charge on any atom is -0.340 e. The minimum absolute atomic E-state index is 0.304. The van der Waals surface area contributed by atoms with Crippen molar-refractivity contribution in [2.75, 3.05) is 31.9 Å². The number of nitrogens with zero attached hydrogens (tertiary/aromatic N) is 1. The summed E-state index contributed by atoms with van der Waals surface area (Å²) in [5.41, 5.74) is 0. The van der Waals surface area contributed by atoms with Crippen molar-refractivity contribution in [2.24, 2.45) is 0 Å². The highest BCUT2D eigenvalue weighted by molar-refractivity contribution is 9.10. The van der Waals surface area contributed by atoms with Crippen LogP contribution in [0.3, 0.4) is 0 Å². The van der Waals surface area contributed by atoms with Crippen molar-refractivity contribution >= 4 is 33.6 Å². The van der Waals surface area contributed by atoms with Gasteiger partial charge in [0.25, 0.3) is 0 Å². The van der Waals surface area contributed by atoms with Crippen LogP contribution in [0, 0.1) is 0 Å². The molecule has 5 heteroatoms. The molecule has 0 bridgehead atoms. The van der Waals surface area contributed by atoms with Crippen LogP contribution in [-0.2, 0) is 4.79 Å². The van der Waals surface area contributed by atoms with E-state index in [1.807, 2.05) is 28.8 Å². The smallest absolute Gasteiger partial charge is 0.222 e. The van der Waals surface area contributed by atoms with Gasteiger partial charge in [-0.1, -0.05) is 15.9 Å². The lowest BCUT2D eigenvalue weighted by atomic mass is 10.2. The average molecular weight is 343 g/mol. The van der Waals surface area contributed by atoms with E-state index in [0.717, 1.165) is 42.8 Å². The summed E-state index contributed by atoms with van der Waals surface area (Å²) in [6.45, 7) is 3.58. The Balaban J connectivity index is 1.63. The van der Waals surface area contributed by atoms with E-state index in [2.05, 4.69) is 33.4 Å². The van der Waals surface area contributed by atoms with Gasteiger partial charge in [-0.15, -0.1) is 11.8 Å². The van der Waals surface area contributed by atoms with Gasteiger partial charge in [-0.3, -0.25) is 4.79 Å². The average Bonchev–Trinajstić information content (AvgIpc) is 2.46. The van der Waals surface area contributed by atoms with Crippen LogP contribution in [0.4, 0.5) is 0 Å². The molecule has 2 rings (SSSR count). The summed E-state index contributed by atoms with van der Waals surface area (Å²) >= 11 is 5.24. The van der Waals surface area contributed by atoms with E-state index in [4.69, 9.17) is 0 Å². The molecule has 1 aliphatic rings. The van der Waals surface area contributed by atoms with Crippen LogP contribution in [0.1, 0.15) is 12.8 Å². The Morgan fingerprint density at radius 3 is 2.63 bits per heavy atom. The third-order valence-corrected chi connectivity index (χ3v) is 4.71. The number of amides is 1. The third-order valence-electron chi connectivity index (χ3n) is 3.09. The van der Waals surface area contributed by atoms with E-state index < -0.39 is 0 Å². The van der Waals surface area contributed by atoms with Crippen molar-refractivity contribution in [2.45, 2.75) is 17.7 Å². The number of piperazine rings is 1. The summed E-state index contributed by atoms with van der Waals surface area (Å²) in [7, 11) is 0. The van der Waals surface area contributed by atoms with Gasteiger partial charge in [-0.25, -0.2) is 0 Å². The molecular weight excluding hydrogens is 324 g/mol. The lowest BCUT2D eigenvalue weighted by Gasteiger charge is -2.27. The Labute approximate surface area is 127 Å². The maximum Gasteiger partial charge on any atom is 0.222 e. The molecule has 3 nitrogen and oxygen atoms in total. The van der Waals surface area contributed by atoms with Gasteiger partial charge in [0, 0.05) is 42.0 Å². The monoisotopic (exact) mass is 342 g/mol. The second-order valence-corrected chi connectivity index (χ2v) is 6.62. The molecule has 0 unspecified atom stereocenters. The standard InChI is InChI=1S/C14H19BrN2OS/c15-12-3-5-13(6-4-12)19-11-1-2-14(18)17-9-7-16-8-10-17/h3-6,16H,1-2,7-11H2. The predicted octanol–water partition coefficient (Wildman–Crippen LogP) is 2.75. The number of thioether (sulfide) groups is 1. The molecule has 1 aromatic carbocycles. The first kappa shape index (κ1) is 14.9. The van der Waals surface area contributed by atoms with Crippen LogP contribution >= 0.6 is 27.7 Å². The molecule has 1 amide bonds. The van der Waals surface area contributed by atoms with Crippen molar-refractivity contribution in [3.8, 4) is 0 Å². The molecule has 19 heavy (non-hydrogen) atoms. The van der Waals surface area contributed by atoms with Gasteiger partial charge >= 0.3 is 0 Å². The van der Waals surface area contributed by atoms with E-state index in [-0.39, 0.29) is 0 Å². The van der Waals surface area contributed by atoms with E-state index in [9.17, 15) is 4.79 Å². The third kappa shape index (κ3) is 5.16. The summed E-state index contributed by atoms with van der Waals surface area (Å²) in [6, 6.07) is 8.31. The number of carbonyl (C=O) groups is 1. The molecule has 0 atom stereocenters. The zero-order valence-corrected chi connectivity index (χ0v) is 13.3. The second-order valence-electron chi connectivity index (χ2n) is 4.54. The predicted molar refractivity (Wildman–Crippen MR) is 83.5 cm³/mol. The van der Waals surface area contributed by atoms with Crippen LogP contribution in [-0.4, -0.2) is 42.7 Å². The summed E-state index contributed by atoms with van der Waals surface area (Å²) < 4.78 is 1.10. The fourth-order valence-electron chi connectivity index (χ4n) is 2.02. The molecule has 0 aliphatic carbocycles. The van der Waals surface area contributed by atoms with E-state index in [0.29, 0.717) is 12.3 Å². The molecule has 1 fully saturated rings. The van der Waals surface area contributed by atoms with Crippen LogP contribution in [0.5, 0.6) is 0 Å². The molecular formula is C14H19BrN2OS. The Morgan fingerprint density at radius 2 is 1.95 bits per heavy atom. The van der Waals surface area contributed by atoms with Crippen LogP contribution in [0.15, 0.2) is 33.6 Å². The molecule has 0 spiro atoms. The molecule has 1 saturated heterocycles. The maximum absolute atomic E-state index is 11.9. The molecule has 1 heterocycles. The first-order valence-electron chi connectivity index (χ1n) is 6.62. The Bertz CT molecular complexity index is 404. The Hall–Kier alpha value is -0.520. The normalized spacial score (nSPS) is 15.5. The van der Waals surface area contributed by atoms with E-state index in [1.54, 1.807) is 0 Å². The van der Waals surface area contributed by atoms with Crippen molar-refractivity contribution in [1.82, 2.24) is 10.2 Å². The number of hydrogen-bond acceptors (Lipinski definition) is 3. The molecule has 0 saturated carbocycles. The van der Waals surface area contributed by atoms with Crippen molar-refractivity contribution < 1.29 is 4.79 Å². The fourth-order valence-corrected chi connectivity index (χ4v) is 3.13. The molecule has 0 radical (unpaired) electrons. The minimum atomic E-state index is 0.304. The van der Waals surface area contributed by atoms with Crippen LogP contribution in [0.25, 0.3) is 0 Å². The second kappa shape index (κ2) is 7.92. The summed E-state index contributed by atoms with van der Waals surface area (Å²) in [4.78, 5) is 15.2. The Kier molecular flexibility index (Phi) is 6.20. The SMILES string of the molecule is O=C(CCCSc1ccc(Br)cc1)N1CCNCC1. The number of nitrogens with one attached hydrogen (secondary N) is 1. The van der Waals surface area contributed by atoms with E-state index in [1.165, 1.54) is 4.90 Å². The highest BCUT2D eigenvalue weighted by Gasteiger charge is 2.15. The summed E-state index contributed by atoms with van der Waals surface area (Å²) in [5, 5.41) is 3.26. The largest absolute Gasteiger partial charge is 0.340 e. The van der Waals surface area contributed by atoms with Gasteiger partial charge in [0.1, 0.15) is 0 Å². The highest BCUT2D eigenvalue weighted by atomic mass is 79.9. The number of rotatable bonds is 5.